The number of carbonyl (C=O) groups is 1. The van der Waals surface area contributed by atoms with Crippen molar-refractivity contribution in [2.24, 2.45) is 5.11 Å². The molecule has 0 fully saturated rings. The highest BCUT2D eigenvalue weighted by Gasteiger charge is 2.09. The van der Waals surface area contributed by atoms with Gasteiger partial charge in [0.2, 0.25) is 0 Å². The van der Waals surface area contributed by atoms with Gasteiger partial charge in [-0.15, -0.1) is 0 Å². The summed E-state index contributed by atoms with van der Waals surface area (Å²) in [4.78, 5) is 15.8. The quantitative estimate of drug-likeness (QED) is 0.317. The maximum atomic E-state index is 11.4. The van der Waals surface area contributed by atoms with Gasteiger partial charge >= 0.3 is 0 Å². The highest BCUT2D eigenvalue weighted by atomic mass is 35.5. The number of hydrogen-bond donors (Lipinski definition) is 0. The number of benzene rings is 2. The van der Waals surface area contributed by atoms with Crippen molar-refractivity contribution in [3.63, 3.8) is 0 Å². The second kappa shape index (κ2) is 6.48. The molecular weight excluding hydrogens is 294 g/mol. The lowest BCUT2D eigenvalue weighted by Gasteiger charge is -2.08. The third kappa shape index (κ3) is 3.33. The summed E-state index contributed by atoms with van der Waals surface area (Å²) in [6.45, 7) is 1.47. The summed E-state index contributed by atoms with van der Waals surface area (Å²) in [5.74, 6) is -0.0753. The van der Waals surface area contributed by atoms with Gasteiger partial charge in [0.05, 0.1) is 10.7 Å². The molecule has 2 aromatic rings. The van der Waals surface area contributed by atoms with Gasteiger partial charge in [0.1, 0.15) is 0 Å². The lowest BCUT2D eigenvalue weighted by molar-refractivity contribution is 0.101. The van der Waals surface area contributed by atoms with Crippen molar-refractivity contribution in [2.45, 2.75) is 16.7 Å². The normalized spacial score (nSPS) is 9.90. The van der Waals surface area contributed by atoms with Crippen LogP contribution in [0.15, 0.2) is 57.4 Å². The Morgan fingerprint density at radius 2 is 2.00 bits per heavy atom. The SMILES string of the molecule is CC(=O)c1ccc(Sc2ccccc2Cl)c(N=[N+]=[N-])c1. The summed E-state index contributed by atoms with van der Waals surface area (Å²) in [6.07, 6.45) is 0. The average Bonchev–Trinajstić information content (AvgIpc) is 2.43. The smallest absolute Gasteiger partial charge is 0.159 e. The van der Waals surface area contributed by atoms with Gasteiger partial charge in [-0.1, -0.05) is 46.7 Å². The molecule has 6 heteroatoms. The maximum Gasteiger partial charge on any atom is 0.159 e. The number of nitrogens with zero attached hydrogens (tertiary/aromatic N) is 3. The van der Waals surface area contributed by atoms with Crippen molar-refractivity contribution in [3.8, 4) is 0 Å². The zero-order valence-electron chi connectivity index (χ0n) is 10.6. The van der Waals surface area contributed by atoms with Gasteiger partial charge < -0.3 is 0 Å². The minimum absolute atomic E-state index is 0.0753. The fourth-order valence-electron chi connectivity index (χ4n) is 1.59. The zero-order valence-corrected chi connectivity index (χ0v) is 12.1. The molecule has 0 N–H and O–H groups in total. The van der Waals surface area contributed by atoms with E-state index in [0.717, 1.165) is 9.79 Å². The van der Waals surface area contributed by atoms with Crippen LogP contribution in [0.4, 0.5) is 5.69 Å². The molecule has 0 aliphatic heterocycles. The van der Waals surface area contributed by atoms with Gasteiger partial charge in [-0.05, 0) is 36.7 Å². The summed E-state index contributed by atoms with van der Waals surface area (Å²) in [6, 6.07) is 12.5. The Balaban J connectivity index is 2.43. The predicted octanol–water partition coefficient (Wildman–Crippen LogP) is 5.64. The van der Waals surface area contributed by atoms with E-state index in [0.29, 0.717) is 16.3 Å². The third-order valence-corrected chi connectivity index (χ3v) is 4.16. The van der Waals surface area contributed by atoms with Crippen LogP contribution in [0.25, 0.3) is 10.4 Å². The molecule has 100 valence electrons. The first-order valence-electron chi connectivity index (χ1n) is 5.74. The number of Topliss-reactive ketones (excluding diaryl/α,β-unsaturated/α-hetero) is 1. The lowest BCUT2D eigenvalue weighted by atomic mass is 10.1. The number of azide groups is 1. The Morgan fingerprint density at radius 3 is 2.65 bits per heavy atom. The van der Waals surface area contributed by atoms with Crippen LogP contribution in [0.3, 0.4) is 0 Å². The van der Waals surface area contributed by atoms with Crippen LogP contribution >= 0.6 is 23.4 Å². The monoisotopic (exact) mass is 303 g/mol. The first-order valence-corrected chi connectivity index (χ1v) is 6.93. The van der Waals surface area contributed by atoms with E-state index in [4.69, 9.17) is 17.1 Å². The van der Waals surface area contributed by atoms with E-state index in [1.807, 2.05) is 18.2 Å². The molecule has 0 radical (unpaired) electrons. The first-order chi connectivity index (χ1) is 9.61. The van der Waals surface area contributed by atoms with Crippen molar-refractivity contribution in [3.05, 3.63) is 63.5 Å². The van der Waals surface area contributed by atoms with E-state index >= 15 is 0 Å². The summed E-state index contributed by atoms with van der Waals surface area (Å²) >= 11 is 7.50. The molecule has 0 heterocycles. The molecule has 4 nitrogen and oxygen atoms in total. The molecule has 0 aromatic heterocycles. The molecule has 2 aromatic carbocycles. The van der Waals surface area contributed by atoms with Gasteiger partial charge in [-0.25, -0.2) is 0 Å². The summed E-state index contributed by atoms with van der Waals surface area (Å²) < 4.78 is 0. The Bertz CT molecular complexity index is 711. The van der Waals surface area contributed by atoms with Crippen LogP contribution in [-0.2, 0) is 0 Å². The molecule has 2 rings (SSSR count). The van der Waals surface area contributed by atoms with Crippen LogP contribution in [0.1, 0.15) is 17.3 Å². The number of carbonyl (C=O) groups excluding carboxylic acids is 1. The molecule has 0 spiro atoms. The van der Waals surface area contributed by atoms with Gasteiger partial charge in [-0.2, -0.15) is 0 Å². The zero-order chi connectivity index (χ0) is 14.5. The van der Waals surface area contributed by atoms with Gasteiger partial charge in [0, 0.05) is 20.3 Å². The largest absolute Gasteiger partial charge is 0.295 e. The van der Waals surface area contributed by atoms with Crippen LogP contribution in [0.2, 0.25) is 5.02 Å². The molecule has 0 unspecified atom stereocenters. The van der Waals surface area contributed by atoms with E-state index in [1.54, 1.807) is 24.3 Å². The minimum atomic E-state index is -0.0753. The Morgan fingerprint density at radius 1 is 1.25 bits per heavy atom. The molecule has 0 amide bonds. The molecule has 0 atom stereocenters. The van der Waals surface area contributed by atoms with Crippen molar-refractivity contribution < 1.29 is 4.79 Å². The standard InChI is InChI=1S/C14H10ClN3OS/c1-9(19)10-6-7-14(12(8-10)17-18-16)20-13-5-3-2-4-11(13)15/h2-8H,1H3. The molecule has 0 aliphatic rings. The van der Waals surface area contributed by atoms with Crippen molar-refractivity contribution in [2.75, 3.05) is 0 Å². The second-order valence-corrected chi connectivity index (χ2v) is 5.45. The predicted molar refractivity (Wildman–Crippen MR) is 80.8 cm³/mol. The van der Waals surface area contributed by atoms with Crippen molar-refractivity contribution >= 4 is 34.8 Å². The van der Waals surface area contributed by atoms with E-state index in [1.165, 1.54) is 18.7 Å². The highest BCUT2D eigenvalue weighted by molar-refractivity contribution is 7.99. The average molecular weight is 304 g/mol. The fraction of sp³-hybridized carbons (Fsp3) is 0.0714. The van der Waals surface area contributed by atoms with Gasteiger partial charge in [0.25, 0.3) is 0 Å². The van der Waals surface area contributed by atoms with E-state index in [2.05, 4.69) is 10.0 Å². The maximum absolute atomic E-state index is 11.4. The highest BCUT2D eigenvalue weighted by Crippen LogP contribution is 2.38. The number of hydrogen-bond acceptors (Lipinski definition) is 3. The summed E-state index contributed by atoms with van der Waals surface area (Å²) in [7, 11) is 0. The van der Waals surface area contributed by atoms with Crippen molar-refractivity contribution in [1.29, 1.82) is 0 Å². The molecule has 0 aliphatic carbocycles. The third-order valence-electron chi connectivity index (χ3n) is 2.57. The number of rotatable bonds is 4. The summed E-state index contributed by atoms with van der Waals surface area (Å²) in [5.41, 5.74) is 9.56. The van der Waals surface area contributed by atoms with Crippen LogP contribution < -0.4 is 0 Å². The van der Waals surface area contributed by atoms with Crippen LogP contribution in [0.5, 0.6) is 0 Å². The Hall–Kier alpha value is -1.94. The molecule has 0 saturated carbocycles. The molecule has 0 bridgehead atoms. The van der Waals surface area contributed by atoms with Gasteiger partial charge in [0.15, 0.2) is 5.78 Å². The second-order valence-electron chi connectivity index (χ2n) is 3.96. The van der Waals surface area contributed by atoms with E-state index in [9.17, 15) is 4.79 Å². The topological polar surface area (TPSA) is 65.8 Å². The van der Waals surface area contributed by atoms with E-state index in [-0.39, 0.29) is 5.78 Å². The number of ketones is 1. The van der Waals surface area contributed by atoms with E-state index < -0.39 is 0 Å². The molecular formula is C14H10ClN3OS. The Labute approximate surface area is 125 Å². The lowest BCUT2D eigenvalue weighted by Crippen LogP contribution is -1.91. The number of halogens is 1. The fourth-order valence-corrected chi connectivity index (χ4v) is 2.74. The summed E-state index contributed by atoms with van der Waals surface area (Å²) in [5, 5.41) is 4.26. The molecule has 20 heavy (non-hydrogen) atoms. The van der Waals surface area contributed by atoms with Crippen molar-refractivity contribution in [1.82, 2.24) is 0 Å². The van der Waals surface area contributed by atoms with Crippen LogP contribution in [0, 0.1) is 0 Å². The first kappa shape index (κ1) is 14.5. The van der Waals surface area contributed by atoms with Crippen LogP contribution in [-0.4, -0.2) is 5.78 Å². The molecule has 0 saturated heterocycles. The van der Waals surface area contributed by atoms with Gasteiger partial charge in [-0.3, -0.25) is 4.79 Å². The Kier molecular flexibility index (Phi) is 4.69. The minimum Gasteiger partial charge on any atom is -0.295 e.